The highest BCUT2D eigenvalue weighted by Crippen LogP contribution is 2.19. The van der Waals surface area contributed by atoms with Gasteiger partial charge >= 0.3 is 0 Å². The van der Waals surface area contributed by atoms with Crippen molar-refractivity contribution in [2.75, 3.05) is 12.4 Å². The van der Waals surface area contributed by atoms with Gasteiger partial charge in [-0.25, -0.2) is 15.0 Å². The third-order valence-electron chi connectivity index (χ3n) is 2.23. The molecule has 0 amide bonds. The normalized spacial score (nSPS) is 10.1. The Morgan fingerprint density at radius 3 is 3.00 bits per heavy atom. The van der Waals surface area contributed by atoms with Gasteiger partial charge < -0.3 is 15.0 Å². The molecule has 0 aliphatic rings. The van der Waals surface area contributed by atoms with E-state index >= 15 is 0 Å². The molecular weight excluding hydrogens is 206 g/mol. The lowest BCUT2D eigenvalue weighted by Crippen LogP contribution is -2.05. The molecule has 0 aliphatic heterocycles. The molecule has 2 N–H and O–H groups in total. The summed E-state index contributed by atoms with van der Waals surface area (Å²) in [4.78, 5) is 15.1. The van der Waals surface area contributed by atoms with Crippen molar-refractivity contribution in [2.24, 2.45) is 0 Å². The summed E-state index contributed by atoms with van der Waals surface area (Å²) >= 11 is 0. The molecular formula is C10H13N5O. The van der Waals surface area contributed by atoms with Gasteiger partial charge in [-0.2, -0.15) is 0 Å². The maximum Gasteiger partial charge on any atom is 0.221 e. The number of nitrogens with zero attached hydrogens (tertiary/aromatic N) is 3. The summed E-state index contributed by atoms with van der Waals surface area (Å²) in [6, 6.07) is 0. The van der Waals surface area contributed by atoms with E-state index in [2.05, 4.69) is 25.3 Å². The maximum atomic E-state index is 5.11. The molecule has 0 aliphatic carbocycles. The first kappa shape index (κ1) is 10.4. The molecule has 16 heavy (non-hydrogen) atoms. The highest BCUT2D eigenvalue weighted by Gasteiger charge is 2.06. The van der Waals surface area contributed by atoms with E-state index in [1.54, 1.807) is 19.6 Å². The van der Waals surface area contributed by atoms with E-state index in [-0.39, 0.29) is 0 Å². The highest BCUT2D eigenvalue weighted by molar-refractivity contribution is 5.47. The zero-order valence-electron chi connectivity index (χ0n) is 9.19. The lowest BCUT2D eigenvalue weighted by atomic mass is 10.3. The fraction of sp³-hybridized carbons (Fsp3) is 0.300. The van der Waals surface area contributed by atoms with Crippen LogP contribution in [0, 0.1) is 6.92 Å². The molecule has 0 atom stereocenters. The van der Waals surface area contributed by atoms with Crippen LogP contribution in [0.1, 0.15) is 11.3 Å². The van der Waals surface area contributed by atoms with E-state index < -0.39 is 0 Å². The first-order valence-corrected chi connectivity index (χ1v) is 4.88. The van der Waals surface area contributed by atoms with Crippen molar-refractivity contribution in [1.82, 2.24) is 19.9 Å². The molecule has 0 spiro atoms. The van der Waals surface area contributed by atoms with Crippen LogP contribution in [0.4, 0.5) is 5.82 Å². The van der Waals surface area contributed by atoms with Gasteiger partial charge in [0.15, 0.2) is 0 Å². The number of rotatable bonds is 4. The average molecular weight is 219 g/mol. The zero-order chi connectivity index (χ0) is 11.4. The zero-order valence-corrected chi connectivity index (χ0v) is 9.19. The van der Waals surface area contributed by atoms with Crippen LogP contribution in [0.2, 0.25) is 0 Å². The smallest absolute Gasteiger partial charge is 0.221 e. The van der Waals surface area contributed by atoms with Crippen LogP contribution < -0.4 is 10.1 Å². The molecule has 6 heteroatoms. The molecule has 2 aromatic rings. The van der Waals surface area contributed by atoms with E-state index in [1.165, 1.54) is 6.33 Å². The van der Waals surface area contributed by atoms with Crippen LogP contribution in [-0.4, -0.2) is 27.0 Å². The second-order valence-electron chi connectivity index (χ2n) is 3.29. The van der Waals surface area contributed by atoms with Crippen molar-refractivity contribution in [3.05, 3.63) is 30.1 Å². The van der Waals surface area contributed by atoms with E-state index in [0.717, 1.165) is 17.1 Å². The van der Waals surface area contributed by atoms with Gasteiger partial charge in [-0.05, 0) is 6.92 Å². The van der Waals surface area contributed by atoms with Gasteiger partial charge in [0, 0.05) is 6.20 Å². The Hall–Kier alpha value is -2.11. The number of nitrogens with one attached hydrogen (secondary N) is 2. The van der Waals surface area contributed by atoms with E-state index in [0.29, 0.717) is 12.4 Å². The SMILES string of the molecule is COc1ncnc(NCc2cnc[nH]2)c1C. The van der Waals surface area contributed by atoms with Crippen molar-refractivity contribution < 1.29 is 4.74 Å². The third-order valence-corrected chi connectivity index (χ3v) is 2.23. The summed E-state index contributed by atoms with van der Waals surface area (Å²) in [7, 11) is 1.59. The molecule has 0 aromatic carbocycles. The van der Waals surface area contributed by atoms with E-state index in [1.807, 2.05) is 6.92 Å². The third kappa shape index (κ3) is 2.10. The van der Waals surface area contributed by atoms with E-state index in [4.69, 9.17) is 4.74 Å². The number of methoxy groups -OCH3 is 1. The second-order valence-corrected chi connectivity index (χ2v) is 3.29. The van der Waals surface area contributed by atoms with Crippen molar-refractivity contribution in [2.45, 2.75) is 13.5 Å². The molecule has 2 heterocycles. The van der Waals surface area contributed by atoms with Crippen LogP contribution in [-0.2, 0) is 6.54 Å². The second kappa shape index (κ2) is 4.61. The average Bonchev–Trinajstić information content (AvgIpc) is 2.81. The van der Waals surface area contributed by atoms with Crippen molar-refractivity contribution in [3.8, 4) is 5.88 Å². The standard InChI is InChI=1S/C10H13N5O/c1-7-9(14-6-15-10(7)16-2)12-4-8-3-11-5-13-8/h3,5-6H,4H2,1-2H3,(H,11,13)(H,12,14,15). The maximum absolute atomic E-state index is 5.11. The summed E-state index contributed by atoms with van der Waals surface area (Å²) in [5.41, 5.74) is 1.89. The number of anilines is 1. The van der Waals surface area contributed by atoms with Gasteiger partial charge in [-0.15, -0.1) is 0 Å². The Bertz CT molecular complexity index is 454. The quantitative estimate of drug-likeness (QED) is 0.806. The summed E-state index contributed by atoms with van der Waals surface area (Å²) < 4.78 is 5.11. The summed E-state index contributed by atoms with van der Waals surface area (Å²) in [5.74, 6) is 1.35. The Labute approximate surface area is 93.1 Å². The predicted octanol–water partition coefficient (Wildman–Crippen LogP) is 1.13. The minimum absolute atomic E-state index is 0.585. The summed E-state index contributed by atoms with van der Waals surface area (Å²) in [6.07, 6.45) is 4.88. The van der Waals surface area contributed by atoms with Crippen LogP contribution in [0.15, 0.2) is 18.9 Å². The molecule has 2 rings (SSSR count). The molecule has 0 bridgehead atoms. The summed E-state index contributed by atoms with van der Waals surface area (Å²) in [5, 5.41) is 3.19. The van der Waals surface area contributed by atoms with Crippen molar-refractivity contribution in [1.29, 1.82) is 0 Å². The molecule has 0 fully saturated rings. The highest BCUT2D eigenvalue weighted by atomic mass is 16.5. The molecule has 0 unspecified atom stereocenters. The predicted molar refractivity (Wildman–Crippen MR) is 59.2 cm³/mol. The van der Waals surface area contributed by atoms with Crippen molar-refractivity contribution >= 4 is 5.82 Å². The Morgan fingerprint density at radius 1 is 1.44 bits per heavy atom. The largest absolute Gasteiger partial charge is 0.481 e. The number of H-pyrrole nitrogens is 1. The van der Waals surface area contributed by atoms with Crippen LogP contribution in [0.3, 0.4) is 0 Å². The van der Waals surface area contributed by atoms with Gasteiger partial charge in [0.05, 0.1) is 31.2 Å². The Balaban J connectivity index is 2.09. The molecule has 84 valence electrons. The number of hydrogen-bond donors (Lipinski definition) is 2. The molecule has 6 nitrogen and oxygen atoms in total. The summed E-state index contributed by atoms with van der Waals surface area (Å²) in [6.45, 7) is 2.55. The van der Waals surface area contributed by atoms with Gasteiger partial charge in [0.1, 0.15) is 12.1 Å². The van der Waals surface area contributed by atoms with Crippen LogP contribution in [0.25, 0.3) is 0 Å². The fourth-order valence-corrected chi connectivity index (χ4v) is 1.38. The molecule has 0 saturated heterocycles. The number of hydrogen-bond acceptors (Lipinski definition) is 5. The fourth-order valence-electron chi connectivity index (χ4n) is 1.38. The topological polar surface area (TPSA) is 75.7 Å². The molecule has 2 aromatic heterocycles. The Morgan fingerprint density at radius 2 is 2.31 bits per heavy atom. The first-order valence-electron chi connectivity index (χ1n) is 4.88. The lowest BCUT2D eigenvalue weighted by molar-refractivity contribution is 0.393. The number of aromatic nitrogens is 4. The molecule has 0 saturated carbocycles. The van der Waals surface area contributed by atoms with Crippen LogP contribution >= 0.6 is 0 Å². The first-order chi connectivity index (χ1) is 7.81. The van der Waals surface area contributed by atoms with E-state index in [9.17, 15) is 0 Å². The minimum Gasteiger partial charge on any atom is -0.481 e. The number of aromatic amines is 1. The monoisotopic (exact) mass is 219 g/mol. The van der Waals surface area contributed by atoms with Crippen molar-refractivity contribution in [3.63, 3.8) is 0 Å². The van der Waals surface area contributed by atoms with Gasteiger partial charge in [-0.1, -0.05) is 0 Å². The Kier molecular flexibility index (Phi) is 3.00. The van der Waals surface area contributed by atoms with Gasteiger partial charge in [0.2, 0.25) is 5.88 Å². The number of ether oxygens (including phenoxy) is 1. The van der Waals surface area contributed by atoms with Gasteiger partial charge in [-0.3, -0.25) is 0 Å². The van der Waals surface area contributed by atoms with Gasteiger partial charge in [0.25, 0.3) is 0 Å². The number of imidazole rings is 1. The van der Waals surface area contributed by atoms with Crippen LogP contribution in [0.5, 0.6) is 5.88 Å². The lowest BCUT2D eigenvalue weighted by Gasteiger charge is -2.09. The minimum atomic E-state index is 0.585. The molecule has 0 radical (unpaired) electrons.